The summed E-state index contributed by atoms with van der Waals surface area (Å²) in [4.78, 5) is 24.3. The maximum atomic E-state index is 12.5. The first-order valence-electron chi connectivity index (χ1n) is 7.39. The smallest absolute Gasteiger partial charge is 0.320 e. The minimum atomic E-state index is -0.647. The van der Waals surface area contributed by atoms with E-state index in [1.165, 1.54) is 6.08 Å². The summed E-state index contributed by atoms with van der Waals surface area (Å²) in [5.74, 6) is -1.05. The molecule has 0 fully saturated rings. The molecule has 1 aliphatic rings. The molecule has 26 heavy (non-hydrogen) atoms. The third-order valence-electron chi connectivity index (χ3n) is 3.67. The first kappa shape index (κ1) is 19.7. The first-order chi connectivity index (χ1) is 12.4. The van der Waals surface area contributed by atoms with Gasteiger partial charge in [0, 0.05) is 18.4 Å². The lowest BCUT2D eigenvalue weighted by molar-refractivity contribution is -0.115. The SMILES string of the molecule is O=C(Nc1ccc(I)c(I)c1I)NC1C=C(O)C(=O)Nc2ccccc21. The Morgan fingerprint density at radius 3 is 2.58 bits per heavy atom. The fraction of sp³-hybridized carbons (Fsp3) is 0.0588. The van der Waals surface area contributed by atoms with Gasteiger partial charge in [-0.25, -0.2) is 4.79 Å². The van der Waals surface area contributed by atoms with Crippen LogP contribution in [0.15, 0.2) is 48.2 Å². The Bertz CT molecular complexity index is 931. The minimum absolute atomic E-state index is 0.432. The molecule has 2 aromatic carbocycles. The Hall–Kier alpha value is -1.09. The fourth-order valence-electron chi connectivity index (χ4n) is 2.43. The molecule has 134 valence electrons. The van der Waals surface area contributed by atoms with E-state index in [1.54, 1.807) is 24.3 Å². The van der Waals surface area contributed by atoms with E-state index in [9.17, 15) is 14.7 Å². The zero-order valence-electron chi connectivity index (χ0n) is 13.0. The quantitative estimate of drug-likeness (QED) is 0.272. The van der Waals surface area contributed by atoms with Crippen molar-refractivity contribution in [2.75, 3.05) is 10.6 Å². The highest BCUT2D eigenvalue weighted by atomic mass is 127. The lowest BCUT2D eigenvalue weighted by Crippen LogP contribution is -2.32. The number of carbonyl (C=O) groups excluding carboxylic acids is 2. The summed E-state index contributed by atoms with van der Waals surface area (Å²) >= 11 is 6.66. The van der Waals surface area contributed by atoms with Crippen LogP contribution in [0.2, 0.25) is 0 Å². The van der Waals surface area contributed by atoms with Gasteiger partial charge in [0.05, 0.1) is 15.3 Å². The molecule has 1 aliphatic heterocycles. The number of nitrogens with one attached hydrogen (secondary N) is 3. The summed E-state index contributed by atoms with van der Waals surface area (Å²) in [6, 6.07) is 9.76. The summed E-state index contributed by atoms with van der Waals surface area (Å²) in [5, 5.41) is 18.1. The highest BCUT2D eigenvalue weighted by Gasteiger charge is 2.24. The molecule has 0 spiro atoms. The Kier molecular flexibility index (Phi) is 6.27. The van der Waals surface area contributed by atoms with Crippen molar-refractivity contribution in [1.29, 1.82) is 0 Å². The van der Waals surface area contributed by atoms with Gasteiger partial charge >= 0.3 is 6.03 Å². The standard InChI is InChI=1S/C17H12I3N3O3/c18-9-5-6-11(15(20)14(9)19)22-17(26)23-12-7-13(24)16(25)21-10-4-2-1-3-8(10)12/h1-7,12,24H,(H,21,25)(H2,22,23,26). The second-order valence-corrected chi connectivity index (χ2v) is 8.71. The predicted molar refractivity (Wildman–Crippen MR) is 125 cm³/mol. The van der Waals surface area contributed by atoms with Crippen LogP contribution < -0.4 is 16.0 Å². The van der Waals surface area contributed by atoms with E-state index in [0.717, 1.165) is 10.7 Å². The summed E-state index contributed by atoms with van der Waals surface area (Å²) in [7, 11) is 0. The molecule has 6 nitrogen and oxygen atoms in total. The lowest BCUT2D eigenvalue weighted by atomic mass is 10.1. The zero-order valence-corrected chi connectivity index (χ0v) is 19.5. The number of anilines is 2. The van der Waals surface area contributed by atoms with Gasteiger partial charge in [-0.3, -0.25) is 4.79 Å². The van der Waals surface area contributed by atoms with Crippen LogP contribution in [0.3, 0.4) is 0 Å². The molecule has 3 rings (SSSR count). The molecule has 3 amide bonds. The van der Waals surface area contributed by atoms with Gasteiger partial charge in [0.1, 0.15) is 0 Å². The van der Waals surface area contributed by atoms with E-state index >= 15 is 0 Å². The van der Waals surface area contributed by atoms with Crippen molar-refractivity contribution >= 4 is 91.1 Å². The van der Waals surface area contributed by atoms with Crippen molar-refractivity contribution in [1.82, 2.24) is 5.32 Å². The average Bonchev–Trinajstić information content (AvgIpc) is 2.72. The summed E-state index contributed by atoms with van der Waals surface area (Å²) in [5.41, 5.74) is 1.92. The van der Waals surface area contributed by atoms with E-state index < -0.39 is 23.7 Å². The molecule has 0 bridgehead atoms. The third kappa shape index (κ3) is 4.24. The highest BCUT2D eigenvalue weighted by molar-refractivity contribution is 14.1. The van der Waals surface area contributed by atoms with Crippen molar-refractivity contribution in [2.24, 2.45) is 0 Å². The number of benzene rings is 2. The maximum absolute atomic E-state index is 12.5. The van der Waals surface area contributed by atoms with Crippen LogP contribution >= 0.6 is 67.8 Å². The van der Waals surface area contributed by atoms with Crippen LogP contribution in [-0.4, -0.2) is 17.0 Å². The van der Waals surface area contributed by atoms with Crippen LogP contribution in [0, 0.1) is 10.7 Å². The van der Waals surface area contributed by atoms with Crippen molar-refractivity contribution in [3.05, 3.63) is 64.5 Å². The van der Waals surface area contributed by atoms with Gasteiger partial charge in [-0.2, -0.15) is 0 Å². The van der Waals surface area contributed by atoms with E-state index in [4.69, 9.17) is 0 Å². The highest BCUT2D eigenvalue weighted by Crippen LogP contribution is 2.29. The molecule has 0 aliphatic carbocycles. The number of aliphatic hydroxyl groups excluding tert-OH is 1. The van der Waals surface area contributed by atoms with E-state index in [1.807, 2.05) is 12.1 Å². The molecule has 0 aromatic heterocycles. The Labute approximate surface area is 190 Å². The monoisotopic (exact) mass is 687 g/mol. The van der Waals surface area contributed by atoms with Crippen molar-refractivity contribution < 1.29 is 14.7 Å². The number of aliphatic hydroxyl groups is 1. The van der Waals surface area contributed by atoms with Crippen LogP contribution in [-0.2, 0) is 4.79 Å². The van der Waals surface area contributed by atoms with E-state index in [2.05, 4.69) is 83.7 Å². The molecule has 1 heterocycles. The average molecular weight is 687 g/mol. The number of fused-ring (bicyclic) bond motifs is 1. The predicted octanol–water partition coefficient (Wildman–Crippen LogP) is 4.76. The molecule has 0 saturated heterocycles. The first-order valence-corrected chi connectivity index (χ1v) is 10.6. The molecular formula is C17H12I3N3O3. The Morgan fingerprint density at radius 2 is 1.81 bits per heavy atom. The van der Waals surface area contributed by atoms with Crippen molar-refractivity contribution in [3.8, 4) is 0 Å². The number of para-hydroxylation sites is 1. The second kappa shape index (κ2) is 8.29. The van der Waals surface area contributed by atoms with Crippen molar-refractivity contribution in [3.63, 3.8) is 0 Å². The molecule has 0 saturated carbocycles. The van der Waals surface area contributed by atoms with Crippen LogP contribution in [0.1, 0.15) is 11.6 Å². The summed E-state index contributed by atoms with van der Waals surface area (Å²) in [6.07, 6.45) is 1.32. The summed E-state index contributed by atoms with van der Waals surface area (Å²) < 4.78 is 3.11. The van der Waals surface area contributed by atoms with Gasteiger partial charge in [0.15, 0.2) is 5.76 Å². The Balaban J connectivity index is 1.84. The van der Waals surface area contributed by atoms with Gasteiger partial charge < -0.3 is 21.1 Å². The maximum Gasteiger partial charge on any atom is 0.320 e. The number of amides is 3. The zero-order chi connectivity index (χ0) is 18.8. The second-order valence-electron chi connectivity index (χ2n) is 5.39. The molecule has 4 N–H and O–H groups in total. The number of hydrogen-bond donors (Lipinski definition) is 4. The van der Waals surface area contributed by atoms with E-state index in [-0.39, 0.29) is 0 Å². The topological polar surface area (TPSA) is 90.5 Å². The summed E-state index contributed by atoms with van der Waals surface area (Å²) in [6.45, 7) is 0. The molecule has 2 aromatic rings. The normalized spacial score (nSPS) is 16.0. The van der Waals surface area contributed by atoms with Crippen LogP contribution in [0.4, 0.5) is 16.2 Å². The van der Waals surface area contributed by atoms with Crippen LogP contribution in [0.25, 0.3) is 0 Å². The Morgan fingerprint density at radius 1 is 1.08 bits per heavy atom. The van der Waals surface area contributed by atoms with Crippen LogP contribution in [0.5, 0.6) is 0 Å². The minimum Gasteiger partial charge on any atom is -0.503 e. The fourth-order valence-corrected chi connectivity index (χ4v) is 4.47. The number of urea groups is 1. The molecule has 1 unspecified atom stereocenters. The van der Waals surface area contributed by atoms with Gasteiger partial charge in [-0.15, -0.1) is 0 Å². The third-order valence-corrected chi connectivity index (χ3v) is 8.88. The van der Waals surface area contributed by atoms with E-state index in [0.29, 0.717) is 16.9 Å². The molecule has 0 radical (unpaired) electrons. The number of carbonyl (C=O) groups is 2. The largest absolute Gasteiger partial charge is 0.503 e. The van der Waals surface area contributed by atoms with Gasteiger partial charge in [-0.1, -0.05) is 18.2 Å². The number of halogens is 3. The molecule has 9 heteroatoms. The molecule has 1 atom stereocenters. The number of hydrogen-bond acceptors (Lipinski definition) is 3. The number of rotatable bonds is 2. The van der Waals surface area contributed by atoms with Gasteiger partial charge in [0.25, 0.3) is 5.91 Å². The van der Waals surface area contributed by atoms with Gasteiger partial charge in [0.2, 0.25) is 0 Å². The van der Waals surface area contributed by atoms with Crippen molar-refractivity contribution in [2.45, 2.75) is 6.04 Å². The molecular weight excluding hydrogens is 675 g/mol. The van der Waals surface area contributed by atoms with Gasteiger partial charge in [-0.05, 0) is 92.0 Å². The lowest BCUT2D eigenvalue weighted by Gasteiger charge is -2.18.